The fourth-order valence-electron chi connectivity index (χ4n) is 3.36. The molecule has 1 fully saturated rings. The summed E-state index contributed by atoms with van der Waals surface area (Å²) in [6.45, 7) is 2.50. The number of aliphatic imine (C=N–C) groups is 1. The van der Waals surface area contributed by atoms with Crippen LogP contribution in [-0.2, 0) is 11.3 Å². The van der Waals surface area contributed by atoms with E-state index in [1.54, 1.807) is 0 Å². The minimum absolute atomic E-state index is 0. The Bertz CT molecular complexity index is 798. The molecule has 1 amide bonds. The largest absolute Gasteiger partial charge is 0.370 e. The number of hydrogen-bond donors (Lipinski definition) is 3. The van der Waals surface area contributed by atoms with Gasteiger partial charge in [-0.15, -0.1) is 24.0 Å². The van der Waals surface area contributed by atoms with Crippen LogP contribution in [0, 0.1) is 12.8 Å². The summed E-state index contributed by atoms with van der Waals surface area (Å²) in [5.74, 6) is 0.654. The van der Waals surface area contributed by atoms with Crippen LogP contribution in [0.15, 0.2) is 53.5 Å². The summed E-state index contributed by atoms with van der Waals surface area (Å²) in [4.78, 5) is 16.8. The molecule has 6 heteroatoms. The van der Waals surface area contributed by atoms with Crippen molar-refractivity contribution in [2.24, 2.45) is 16.6 Å². The quantitative estimate of drug-likeness (QED) is 0.310. The van der Waals surface area contributed by atoms with Gasteiger partial charge in [0.25, 0.3) is 0 Å². The lowest BCUT2D eigenvalue weighted by Gasteiger charge is -2.20. The van der Waals surface area contributed by atoms with Crippen molar-refractivity contribution in [3.63, 3.8) is 0 Å². The lowest BCUT2D eigenvalue weighted by atomic mass is 9.88. The lowest BCUT2D eigenvalue weighted by molar-refractivity contribution is -0.120. The van der Waals surface area contributed by atoms with Gasteiger partial charge in [-0.3, -0.25) is 4.79 Å². The normalized spacial score (nSPS) is 14.8. The van der Waals surface area contributed by atoms with Gasteiger partial charge in [0.1, 0.15) is 0 Å². The number of aryl methyl sites for hydroxylation is 1. The molecule has 0 spiro atoms. The molecule has 0 aliphatic heterocycles. The summed E-state index contributed by atoms with van der Waals surface area (Å²) in [7, 11) is 0. The van der Waals surface area contributed by atoms with E-state index in [4.69, 9.17) is 5.73 Å². The third kappa shape index (κ3) is 6.82. The maximum atomic E-state index is 12.4. The first kappa shape index (κ1) is 22.2. The van der Waals surface area contributed by atoms with E-state index in [2.05, 4.69) is 15.6 Å². The molecule has 1 saturated carbocycles. The number of guanidine groups is 1. The molecule has 0 heterocycles. The Morgan fingerprint density at radius 2 is 1.75 bits per heavy atom. The summed E-state index contributed by atoms with van der Waals surface area (Å²) >= 11 is 0. The predicted octanol–water partition coefficient (Wildman–Crippen LogP) is 5.06. The number of carbonyl (C=O) groups is 1. The number of nitrogens with two attached hydrogens (primary N) is 1. The monoisotopic (exact) mass is 492 g/mol. The van der Waals surface area contributed by atoms with Crippen molar-refractivity contribution in [1.29, 1.82) is 0 Å². The summed E-state index contributed by atoms with van der Waals surface area (Å²) < 4.78 is 0. The minimum Gasteiger partial charge on any atom is -0.370 e. The molecule has 0 bridgehead atoms. The van der Waals surface area contributed by atoms with Gasteiger partial charge in [0, 0.05) is 17.3 Å². The molecule has 2 aromatic carbocycles. The summed E-state index contributed by atoms with van der Waals surface area (Å²) in [5, 5.41) is 6.14. The molecule has 4 N–H and O–H groups in total. The molecular weight excluding hydrogens is 463 g/mol. The fraction of sp³-hybridized carbons (Fsp3) is 0.364. The topological polar surface area (TPSA) is 79.5 Å². The van der Waals surface area contributed by atoms with Gasteiger partial charge >= 0.3 is 0 Å². The van der Waals surface area contributed by atoms with E-state index >= 15 is 0 Å². The highest BCUT2D eigenvalue weighted by atomic mass is 127. The highest BCUT2D eigenvalue weighted by Gasteiger charge is 2.20. The molecule has 0 unspecified atom stereocenters. The molecular formula is C22H29IN4O. The number of anilines is 2. The van der Waals surface area contributed by atoms with Crippen LogP contribution < -0.4 is 16.4 Å². The van der Waals surface area contributed by atoms with E-state index in [0.717, 1.165) is 42.6 Å². The van der Waals surface area contributed by atoms with Crippen molar-refractivity contribution in [1.82, 2.24) is 0 Å². The van der Waals surface area contributed by atoms with Gasteiger partial charge in [-0.05, 0) is 49.6 Å². The second-order valence-corrected chi connectivity index (χ2v) is 7.22. The van der Waals surface area contributed by atoms with Crippen LogP contribution in [0.3, 0.4) is 0 Å². The average Bonchev–Trinajstić information content (AvgIpc) is 2.69. The number of carbonyl (C=O) groups excluding carboxylic acids is 1. The Kier molecular flexibility index (Phi) is 8.76. The van der Waals surface area contributed by atoms with Crippen LogP contribution >= 0.6 is 24.0 Å². The van der Waals surface area contributed by atoms with Gasteiger partial charge in [0.15, 0.2) is 5.96 Å². The molecule has 2 aromatic rings. The Morgan fingerprint density at radius 3 is 2.46 bits per heavy atom. The van der Waals surface area contributed by atoms with Crippen molar-refractivity contribution in [2.75, 3.05) is 10.6 Å². The Labute approximate surface area is 184 Å². The summed E-state index contributed by atoms with van der Waals surface area (Å²) in [6, 6.07) is 15.8. The fourth-order valence-corrected chi connectivity index (χ4v) is 3.36. The number of halogens is 1. The van der Waals surface area contributed by atoms with Gasteiger partial charge in [0.05, 0.1) is 6.54 Å². The highest BCUT2D eigenvalue weighted by molar-refractivity contribution is 14.0. The first-order valence-corrected chi connectivity index (χ1v) is 9.63. The zero-order valence-corrected chi connectivity index (χ0v) is 18.6. The zero-order valence-electron chi connectivity index (χ0n) is 16.3. The van der Waals surface area contributed by atoms with Crippen LogP contribution in [0.2, 0.25) is 0 Å². The zero-order chi connectivity index (χ0) is 19.1. The lowest BCUT2D eigenvalue weighted by Crippen LogP contribution is -2.24. The Balaban J connectivity index is 0.00000280. The van der Waals surface area contributed by atoms with Crippen molar-refractivity contribution in [2.45, 2.75) is 45.6 Å². The first-order chi connectivity index (χ1) is 13.1. The van der Waals surface area contributed by atoms with Gasteiger partial charge in [-0.1, -0.05) is 49.1 Å². The smallest absolute Gasteiger partial charge is 0.227 e. The van der Waals surface area contributed by atoms with E-state index in [0.29, 0.717) is 12.5 Å². The van der Waals surface area contributed by atoms with Crippen LogP contribution in [-0.4, -0.2) is 11.9 Å². The average molecular weight is 492 g/mol. The second-order valence-electron chi connectivity index (χ2n) is 7.22. The second kappa shape index (κ2) is 11.0. The number of hydrogen-bond acceptors (Lipinski definition) is 2. The number of rotatable bonds is 5. The van der Waals surface area contributed by atoms with E-state index in [-0.39, 0.29) is 35.8 Å². The predicted molar refractivity (Wildman–Crippen MR) is 127 cm³/mol. The summed E-state index contributed by atoms with van der Waals surface area (Å²) in [5.41, 5.74) is 9.91. The molecule has 5 nitrogen and oxygen atoms in total. The number of benzene rings is 2. The van der Waals surface area contributed by atoms with Gasteiger partial charge in [-0.2, -0.15) is 0 Å². The van der Waals surface area contributed by atoms with Gasteiger partial charge in [-0.25, -0.2) is 4.99 Å². The third-order valence-electron chi connectivity index (χ3n) is 4.93. The maximum absolute atomic E-state index is 12.4. The van der Waals surface area contributed by atoms with Crippen LogP contribution in [0.25, 0.3) is 0 Å². The number of amides is 1. The van der Waals surface area contributed by atoms with Gasteiger partial charge in [0.2, 0.25) is 5.91 Å². The van der Waals surface area contributed by atoms with E-state index in [9.17, 15) is 4.79 Å². The SMILES string of the molecule is Cc1ccc(NC(N)=NCc2cccc(NC(=O)C3CCCCC3)c2)cc1.I. The van der Waals surface area contributed by atoms with E-state index in [1.165, 1.54) is 12.0 Å². The van der Waals surface area contributed by atoms with Crippen LogP contribution in [0.4, 0.5) is 11.4 Å². The summed E-state index contributed by atoms with van der Waals surface area (Å²) in [6.07, 6.45) is 5.55. The molecule has 0 aromatic heterocycles. The molecule has 3 rings (SSSR count). The first-order valence-electron chi connectivity index (χ1n) is 9.63. The number of nitrogens with zero attached hydrogens (tertiary/aromatic N) is 1. The third-order valence-corrected chi connectivity index (χ3v) is 4.93. The Hall–Kier alpha value is -2.09. The van der Waals surface area contributed by atoms with Crippen molar-refractivity contribution < 1.29 is 4.79 Å². The molecule has 0 radical (unpaired) electrons. The standard InChI is InChI=1S/C22H28N4O.HI/c1-16-10-12-19(13-11-16)26-22(23)24-15-17-6-5-9-20(14-17)25-21(27)18-7-3-2-4-8-18;/h5-6,9-14,18H,2-4,7-8,15H2,1H3,(H,25,27)(H3,23,24,26);1H. The maximum Gasteiger partial charge on any atom is 0.227 e. The van der Waals surface area contributed by atoms with E-state index in [1.807, 2.05) is 55.5 Å². The molecule has 0 atom stereocenters. The minimum atomic E-state index is 0. The molecule has 150 valence electrons. The van der Waals surface area contributed by atoms with Crippen molar-refractivity contribution in [3.05, 3.63) is 59.7 Å². The number of nitrogens with one attached hydrogen (secondary N) is 2. The Morgan fingerprint density at radius 1 is 1.04 bits per heavy atom. The molecule has 1 aliphatic carbocycles. The van der Waals surface area contributed by atoms with Gasteiger partial charge < -0.3 is 16.4 Å². The molecule has 1 aliphatic rings. The molecule has 28 heavy (non-hydrogen) atoms. The molecule has 0 saturated heterocycles. The van der Waals surface area contributed by atoms with Crippen molar-refractivity contribution >= 4 is 47.2 Å². The van der Waals surface area contributed by atoms with Crippen LogP contribution in [0.1, 0.15) is 43.2 Å². The van der Waals surface area contributed by atoms with Crippen LogP contribution in [0.5, 0.6) is 0 Å². The highest BCUT2D eigenvalue weighted by Crippen LogP contribution is 2.25. The van der Waals surface area contributed by atoms with E-state index < -0.39 is 0 Å². The van der Waals surface area contributed by atoms with Crippen molar-refractivity contribution in [3.8, 4) is 0 Å².